The molecule has 0 aromatic carbocycles. The molecule has 2 aromatic rings. The third kappa shape index (κ3) is 3.08. The minimum atomic E-state index is -0.325. The van der Waals surface area contributed by atoms with E-state index in [9.17, 15) is 4.79 Å². The molecule has 1 amide bonds. The number of amides is 1. The van der Waals surface area contributed by atoms with E-state index < -0.39 is 0 Å². The fraction of sp³-hybridized carbons (Fsp3) is 0.636. The van der Waals surface area contributed by atoms with Crippen LogP contribution in [-0.4, -0.2) is 51.4 Å². The highest BCUT2D eigenvalue weighted by atomic mass is 16.3. The molecule has 1 saturated carbocycles. The predicted molar refractivity (Wildman–Crippen MR) is 106 cm³/mol. The summed E-state index contributed by atoms with van der Waals surface area (Å²) in [5.74, 6) is 1.26. The van der Waals surface area contributed by atoms with E-state index in [1.807, 2.05) is 18.7 Å². The Hall–Kier alpha value is -2.08. The first-order valence-corrected chi connectivity index (χ1v) is 10.6. The molecular weight excluding hydrogens is 352 g/mol. The lowest BCUT2D eigenvalue weighted by Crippen LogP contribution is -2.40. The summed E-state index contributed by atoms with van der Waals surface area (Å²) in [6.45, 7) is 8.71. The fourth-order valence-corrected chi connectivity index (χ4v) is 5.07. The van der Waals surface area contributed by atoms with Crippen molar-refractivity contribution in [3.05, 3.63) is 42.4 Å². The minimum absolute atomic E-state index is 0.163. The van der Waals surface area contributed by atoms with Gasteiger partial charge in [-0.15, -0.1) is 0 Å². The third-order valence-corrected chi connectivity index (χ3v) is 6.89. The van der Waals surface area contributed by atoms with Crippen LogP contribution < -0.4 is 0 Å². The molecular formula is C22H30N4O2. The topological polar surface area (TPSA) is 54.5 Å². The van der Waals surface area contributed by atoms with Gasteiger partial charge in [-0.3, -0.25) is 9.69 Å². The van der Waals surface area contributed by atoms with Gasteiger partial charge >= 0.3 is 0 Å². The normalized spacial score (nSPS) is 28.3. The van der Waals surface area contributed by atoms with Crippen LogP contribution in [0.3, 0.4) is 0 Å². The largest absolute Gasteiger partial charge is 0.472 e. The van der Waals surface area contributed by atoms with Gasteiger partial charge in [0.1, 0.15) is 0 Å². The summed E-state index contributed by atoms with van der Waals surface area (Å²) in [4.78, 5) is 22.9. The predicted octanol–water partition coefficient (Wildman–Crippen LogP) is 3.29. The van der Waals surface area contributed by atoms with Gasteiger partial charge in [0.15, 0.2) is 0 Å². The van der Waals surface area contributed by atoms with Crippen molar-refractivity contribution in [1.29, 1.82) is 0 Å². The van der Waals surface area contributed by atoms with Crippen LogP contribution in [0.15, 0.2) is 35.5 Å². The maximum atomic E-state index is 13.6. The Morgan fingerprint density at radius 2 is 2.21 bits per heavy atom. The Bertz CT molecular complexity index is 839. The molecule has 6 nitrogen and oxygen atoms in total. The molecule has 150 valence electrons. The van der Waals surface area contributed by atoms with Gasteiger partial charge in [0, 0.05) is 56.4 Å². The van der Waals surface area contributed by atoms with Crippen molar-refractivity contribution in [1.82, 2.24) is 19.4 Å². The minimum Gasteiger partial charge on any atom is -0.472 e. The van der Waals surface area contributed by atoms with E-state index >= 15 is 0 Å². The van der Waals surface area contributed by atoms with Crippen molar-refractivity contribution in [2.24, 2.45) is 11.3 Å². The number of carbonyl (C=O) groups is 1. The summed E-state index contributed by atoms with van der Waals surface area (Å²) in [5.41, 5.74) is 1.92. The lowest BCUT2D eigenvalue weighted by atomic mass is 9.75. The van der Waals surface area contributed by atoms with E-state index in [1.54, 1.807) is 6.26 Å². The van der Waals surface area contributed by atoms with Gasteiger partial charge in [0.25, 0.3) is 0 Å². The van der Waals surface area contributed by atoms with Crippen LogP contribution in [0.5, 0.6) is 0 Å². The van der Waals surface area contributed by atoms with Crippen LogP contribution in [0.25, 0.3) is 0 Å². The summed E-state index contributed by atoms with van der Waals surface area (Å²) in [6.07, 6.45) is 11.1. The van der Waals surface area contributed by atoms with Crippen LogP contribution in [0, 0.1) is 11.3 Å². The highest BCUT2D eigenvalue weighted by Gasteiger charge is 2.58. The Morgan fingerprint density at radius 1 is 1.36 bits per heavy atom. The third-order valence-electron chi connectivity index (χ3n) is 6.89. The molecule has 0 radical (unpaired) electrons. The number of rotatable bonds is 6. The van der Waals surface area contributed by atoms with E-state index in [-0.39, 0.29) is 11.3 Å². The molecule has 3 fully saturated rings. The molecule has 5 rings (SSSR count). The molecule has 2 atom stereocenters. The van der Waals surface area contributed by atoms with Crippen LogP contribution in [-0.2, 0) is 11.3 Å². The highest BCUT2D eigenvalue weighted by Crippen LogP contribution is 2.50. The summed E-state index contributed by atoms with van der Waals surface area (Å²) in [7, 11) is 0. The number of likely N-dealkylation sites (tertiary alicyclic amines) is 2. The number of furan rings is 1. The van der Waals surface area contributed by atoms with Crippen molar-refractivity contribution in [2.45, 2.75) is 51.6 Å². The van der Waals surface area contributed by atoms with Gasteiger partial charge in [-0.25, -0.2) is 4.98 Å². The quantitative estimate of drug-likeness (QED) is 0.769. The van der Waals surface area contributed by atoms with Gasteiger partial charge in [0.05, 0.1) is 30.0 Å². The summed E-state index contributed by atoms with van der Waals surface area (Å²) in [5, 5.41) is 0. The van der Waals surface area contributed by atoms with Gasteiger partial charge in [-0.2, -0.15) is 0 Å². The maximum Gasteiger partial charge on any atom is 0.230 e. The SMILES string of the molecule is CC(C)n1cnc([C@H]2CN(Cc3ccoc3)C[C@]23CCN(CC2CC2)C3=O)c1. The molecule has 6 heteroatoms. The maximum absolute atomic E-state index is 13.6. The Morgan fingerprint density at radius 3 is 2.89 bits per heavy atom. The molecule has 0 bridgehead atoms. The second-order valence-corrected chi connectivity index (χ2v) is 9.29. The number of imidazole rings is 1. The van der Waals surface area contributed by atoms with Crippen molar-refractivity contribution >= 4 is 5.91 Å². The Labute approximate surface area is 166 Å². The molecule has 3 aliphatic rings. The second-order valence-electron chi connectivity index (χ2n) is 9.29. The Kier molecular flexibility index (Phi) is 4.34. The van der Waals surface area contributed by atoms with E-state index in [2.05, 4.69) is 34.4 Å². The summed E-state index contributed by atoms with van der Waals surface area (Å²) < 4.78 is 7.41. The molecule has 4 heterocycles. The van der Waals surface area contributed by atoms with E-state index in [0.717, 1.165) is 50.8 Å². The molecule has 28 heavy (non-hydrogen) atoms. The molecule has 2 aromatic heterocycles. The van der Waals surface area contributed by atoms with Crippen LogP contribution in [0.2, 0.25) is 0 Å². The number of carbonyl (C=O) groups excluding carboxylic acids is 1. The monoisotopic (exact) mass is 382 g/mol. The summed E-state index contributed by atoms with van der Waals surface area (Å²) >= 11 is 0. The van der Waals surface area contributed by atoms with Crippen LogP contribution >= 0.6 is 0 Å². The van der Waals surface area contributed by atoms with E-state index in [0.29, 0.717) is 11.9 Å². The molecule has 1 aliphatic carbocycles. The molecule has 2 aliphatic heterocycles. The van der Waals surface area contributed by atoms with Gasteiger partial charge in [-0.05, 0) is 45.1 Å². The van der Waals surface area contributed by atoms with E-state index in [4.69, 9.17) is 9.40 Å². The van der Waals surface area contributed by atoms with Gasteiger partial charge in [0.2, 0.25) is 5.91 Å². The first-order valence-electron chi connectivity index (χ1n) is 10.6. The Balaban J connectivity index is 1.43. The number of hydrogen-bond donors (Lipinski definition) is 0. The van der Waals surface area contributed by atoms with Crippen LogP contribution in [0.4, 0.5) is 0 Å². The lowest BCUT2D eigenvalue weighted by Gasteiger charge is -2.28. The first-order chi connectivity index (χ1) is 13.5. The first kappa shape index (κ1) is 18.0. The van der Waals surface area contributed by atoms with Crippen LogP contribution in [0.1, 0.15) is 56.3 Å². The smallest absolute Gasteiger partial charge is 0.230 e. The van der Waals surface area contributed by atoms with Crippen molar-refractivity contribution in [3.63, 3.8) is 0 Å². The van der Waals surface area contributed by atoms with Gasteiger partial charge < -0.3 is 13.9 Å². The molecule has 0 N–H and O–H groups in total. The fourth-order valence-electron chi connectivity index (χ4n) is 5.07. The molecule has 0 unspecified atom stereocenters. The number of aromatic nitrogens is 2. The average molecular weight is 383 g/mol. The van der Waals surface area contributed by atoms with Crippen molar-refractivity contribution in [2.75, 3.05) is 26.2 Å². The van der Waals surface area contributed by atoms with Crippen molar-refractivity contribution in [3.8, 4) is 0 Å². The molecule has 2 saturated heterocycles. The second kappa shape index (κ2) is 6.76. The zero-order valence-electron chi connectivity index (χ0n) is 16.9. The van der Waals surface area contributed by atoms with Crippen molar-refractivity contribution < 1.29 is 9.21 Å². The van der Waals surface area contributed by atoms with E-state index in [1.165, 1.54) is 18.4 Å². The zero-order valence-corrected chi connectivity index (χ0v) is 16.9. The molecule has 1 spiro atoms. The van der Waals surface area contributed by atoms with Gasteiger partial charge in [-0.1, -0.05) is 0 Å². The number of hydrogen-bond acceptors (Lipinski definition) is 4. The lowest BCUT2D eigenvalue weighted by molar-refractivity contribution is -0.136. The standard InChI is InChI=1S/C22H30N4O2/c1-16(2)26-12-20(23-15-26)19-11-24(9-18-5-8-28-13-18)14-22(19)6-7-25(21(22)27)10-17-3-4-17/h5,8,12-13,15-17,19H,3-4,6-7,9-11,14H2,1-2H3/t19-,22-/m1/s1. The number of nitrogens with zero attached hydrogens (tertiary/aromatic N) is 4. The highest BCUT2D eigenvalue weighted by molar-refractivity contribution is 5.86. The zero-order chi connectivity index (χ0) is 19.3. The average Bonchev–Trinajstić information content (AvgIpc) is 3.09. The summed E-state index contributed by atoms with van der Waals surface area (Å²) in [6, 6.07) is 2.40.